The molecular weight excluding hydrogens is 358 g/mol. The number of hydrogen-bond acceptors (Lipinski definition) is 3. The predicted octanol–water partition coefficient (Wildman–Crippen LogP) is 5.68. The minimum atomic E-state index is -0.208. The van der Waals surface area contributed by atoms with Gasteiger partial charge in [-0.3, -0.25) is 4.79 Å². The summed E-state index contributed by atoms with van der Waals surface area (Å²) in [6, 6.07) is 19.2. The maximum absolute atomic E-state index is 11.6. The van der Waals surface area contributed by atoms with E-state index in [9.17, 15) is 4.79 Å². The molecule has 2 aromatic carbocycles. The number of rotatable bonds is 7. The van der Waals surface area contributed by atoms with E-state index in [1.807, 2.05) is 13.0 Å². The minimum absolute atomic E-state index is 0.175. The second-order valence-electron chi connectivity index (χ2n) is 8.39. The molecule has 0 aromatic heterocycles. The van der Waals surface area contributed by atoms with Crippen LogP contribution in [-0.4, -0.2) is 19.1 Å². The Balaban J connectivity index is 1.66. The summed E-state index contributed by atoms with van der Waals surface area (Å²) in [6.07, 6.45) is 7.39. The van der Waals surface area contributed by atoms with Crippen molar-refractivity contribution >= 4 is 5.97 Å². The lowest BCUT2D eigenvalue weighted by molar-refractivity contribution is -0.141. The Hall–Kier alpha value is -2.81. The van der Waals surface area contributed by atoms with Crippen LogP contribution in [0.25, 0.3) is 11.1 Å². The van der Waals surface area contributed by atoms with Gasteiger partial charge < -0.3 is 10.1 Å². The molecule has 2 aromatic rings. The normalized spacial score (nSPS) is 16.9. The molecule has 1 aliphatic rings. The summed E-state index contributed by atoms with van der Waals surface area (Å²) < 4.78 is 5.02. The molecular formula is C26H31NO2. The van der Waals surface area contributed by atoms with Gasteiger partial charge in [-0.25, -0.2) is 0 Å². The van der Waals surface area contributed by atoms with Crippen molar-refractivity contribution in [3.8, 4) is 11.1 Å². The Bertz CT molecular complexity index is 877. The molecule has 3 nitrogen and oxygen atoms in total. The van der Waals surface area contributed by atoms with Crippen molar-refractivity contribution < 1.29 is 9.53 Å². The average Bonchev–Trinajstić information content (AvgIpc) is 2.71. The van der Waals surface area contributed by atoms with Gasteiger partial charge in [0, 0.05) is 5.70 Å². The van der Waals surface area contributed by atoms with Gasteiger partial charge in [0.2, 0.25) is 0 Å². The monoisotopic (exact) mass is 389 g/mol. The van der Waals surface area contributed by atoms with Crippen LogP contribution in [0.3, 0.4) is 0 Å². The van der Waals surface area contributed by atoms with E-state index in [1.165, 1.54) is 22.3 Å². The molecule has 0 fully saturated rings. The standard InChI is InChI=1S/C26H31NO2/c1-4-29-25(28)19-27-24-16-21(17-26(2,3)18-24)11-10-20-12-14-23(15-13-20)22-8-6-5-7-9-22/h5-9,11-16,27H,4,10,17-19H2,1-3H3/b21-11-. The zero-order valence-electron chi connectivity index (χ0n) is 17.7. The first kappa shape index (κ1) is 20.9. The first-order valence-corrected chi connectivity index (χ1v) is 10.4. The summed E-state index contributed by atoms with van der Waals surface area (Å²) in [5, 5.41) is 3.26. The van der Waals surface area contributed by atoms with Gasteiger partial charge in [-0.15, -0.1) is 0 Å². The highest BCUT2D eigenvalue weighted by Gasteiger charge is 2.25. The molecule has 0 radical (unpaired) electrons. The van der Waals surface area contributed by atoms with Crippen LogP contribution in [-0.2, 0) is 16.0 Å². The van der Waals surface area contributed by atoms with Crippen molar-refractivity contribution in [3.63, 3.8) is 0 Å². The van der Waals surface area contributed by atoms with Crippen LogP contribution in [0.5, 0.6) is 0 Å². The van der Waals surface area contributed by atoms with Crippen LogP contribution in [0, 0.1) is 5.41 Å². The second kappa shape index (κ2) is 9.60. The van der Waals surface area contributed by atoms with Gasteiger partial charge in [0.1, 0.15) is 6.54 Å². The molecule has 0 unspecified atom stereocenters. The number of allylic oxidation sites excluding steroid dienone is 4. The highest BCUT2D eigenvalue weighted by molar-refractivity contribution is 5.72. The molecule has 0 saturated carbocycles. The van der Waals surface area contributed by atoms with Gasteiger partial charge >= 0.3 is 5.97 Å². The number of esters is 1. The van der Waals surface area contributed by atoms with Crippen LogP contribution in [0.1, 0.15) is 39.2 Å². The van der Waals surface area contributed by atoms with E-state index < -0.39 is 0 Å². The quantitative estimate of drug-likeness (QED) is 0.619. The molecule has 0 bridgehead atoms. The van der Waals surface area contributed by atoms with E-state index in [0.717, 1.165) is 25.0 Å². The lowest BCUT2D eigenvalue weighted by Crippen LogP contribution is -2.29. The van der Waals surface area contributed by atoms with E-state index >= 15 is 0 Å². The summed E-state index contributed by atoms with van der Waals surface area (Å²) in [5.74, 6) is -0.208. The molecule has 29 heavy (non-hydrogen) atoms. The zero-order valence-corrected chi connectivity index (χ0v) is 17.7. The van der Waals surface area contributed by atoms with Gasteiger partial charge in [0.05, 0.1) is 6.61 Å². The first-order valence-electron chi connectivity index (χ1n) is 10.4. The molecule has 152 valence electrons. The van der Waals surface area contributed by atoms with Crippen molar-refractivity contribution in [3.05, 3.63) is 83.6 Å². The fourth-order valence-electron chi connectivity index (χ4n) is 3.81. The van der Waals surface area contributed by atoms with Gasteiger partial charge in [-0.2, -0.15) is 0 Å². The van der Waals surface area contributed by atoms with Crippen LogP contribution >= 0.6 is 0 Å². The molecule has 3 rings (SSSR count). The number of nitrogens with one attached hydrogen (secondary N) is 1. The number of carbonyl (C=O) groups excluding carboxylic acids is 1. The third-order valence-corrected chi connectivity index (χ3v) is 5.14. The maximum atomic E-state index is 11.6. The highest BCUT2D eigenvalue weighted by atomic mass is 16.5. The molecule has 1 N–H and O–H groups in total. The molecule has 0 saturated heterocycles. The summed E-state index contributed by atoms with van der Waals surface area (Å²) in [4.78, 5) is 11.6. The smallest absolute Gasteiger partial charge is 0.325 e. The summed E-state index contributed by atoms with van der Waals surface area (Å²) in [6.45, 7) is 7.01. The van der Waals surface area contributed by atoms with Crippen molar-refractivity contribution in [1.82, 2.24) is 5.32 Å². The van der Waals surface area contributed by atoms with Crippen LogP contribution in [0.4, 0.5) is 0 Å². The number of carbonyl (C=O) groups is 1. The molecule has 0 spiro atoms. The topological polar surface area (TPSA) is 38.3 Å². The minimum Gasteiger partial charge on any atom is -0.465 e. The Morgan fingerprint density at radius 3 is 2.41 bits per heavy atom. The third-order valence-electron chi connectivity index (χ3n) is 5.14. The van der Waals surface area contributed by atoms with Crippen LogP contribution in [0.2, 0.25) is 0 Å². The van der Waals surface area contributed by atoms with E-state index in [1.54, 1.807) is 0 Å². The van der Waals surface area contributed by atoms with Crippen LogP contribution < -0.4 is 5.32 Å². The summed E-state index contributed by atoms with van der Waals surface area (Å²) in [5.41, 5.74) is 6.39. The lowest BCUT2D eigenvalue weighted by Gasteiger charge is -2.31. The number of hydrogen-bond donors (Lipinski definition) is 1. The average molecular weight is 390 g/mol. The fourth-order valence-corrected chi connectivity index (χ4v) is 3.81. The van der Waals surface area contributed by atoms with Crippen molar-refractivity contribution in [2.45, 2.75) is 40.0 Å². The number of benzene rings is 2. The summed E-state index contributed by atoms with van der Waals surface area (Å²) in [7, 11) is 0. The third kappa shape index (κ3) is 6.35. The van der Waals surface area contributed by atoms with Gasteiger partial charge in [-0.1, -0.05) is 74.5 Å². The molecule has 0 atom stereocenters. The lowest BCUT2D eigenvalue weighted by atomic mass is 9.77. The first-order chi connectivity index (χ1) is 13.9. The van der Waals surface area contributed by atoms with Crippen LogP contribution in [0.15, 0.2) is 78.0 Å². The van der Waals surface area contributed by atoms with Crippen molar-refractivity contribution in [1.29, 1.82) is 0 Å². The van der Waals surface area contributed by atoms with E-state index in [-0.39, 0.29) is 17.9 Å². The summed E-state index contributed by atoms with van der Waals surface area (Å²) >= 11 is 0. The SMILES string of the molecule is CCOC(=O)CNC1=C/C(=C/Cc2ccc(-c3ccccc3)cc2)CC(C)(C)C1. The molecule has 0 heterocycles. The highest BCUT2D eigenvalue weighted by Crippen LogP contribution is 2.37. The van der Waals surface area contributed by atoms with E-state index in [4.69, 9.17) is 4.74 Å². The second-order valence-corrected chi connectivity index (χ2v) is 8.39. The fraction of sp³-hybridized carbons (Fsp3) is 0.346. The van der Waals surface area contributed by atoms with Crippen molar-refractivity contribution in [2.24, 2.45) is 5.41 Å². The largest absolute Gasteiger partial charge is 0.465 e. The Kier molecular flexibility index (Phi) is 6.92. The molecule has 1 aliphatic carbocycles. The van der Waals surface area contributed by atoms with Crippen molar-refractivity contribution in [2.75, 3.05) is 13.2 Å². The van der Waals surface area contributed by atoms with Gasteiger partial charge in [0.25, 0.3) is 0 Å². The van der Waals surface area contributed by atoms with E-state index in [0.29, 0.717) is 6.61 Å². The van der Waals surface area contributed by atoms with E-state index in [2.05, 4.69) is 79.8 Å². The zero-order chi connectivity index (χ0) is 20.7. The van der Waals surface area contributed by atoms with Gasteiger partial charge in [0.15, 0.2) is 0 Å². The Morgan fingerprint density at radius 1 is 1.03 bits per heavy atom. The molecule has 3 heteroatoms. The maximum Gasteiger partial charge on any atom is 0.325 e. The predicted molar refractivity (Wildman–Crippen MR) is 119 cm³/mol. The van der Waals surface area contributed by atoms with Gasteiger partial charge in [-0.05, 0) is 59.9 Å². The molecule has 0 amide bonds. The Labute approximate surface area is 174 Å². The Morgan fingerprint density at radius 2 is 1.72 bits per heavy atom. The number of ether oxygens (including phenoxy) is 1. The molecule has 0 aliphatic heterocycles.